The van der Waals surface area contributed by atoms with Crippen molar-refractivity contribution in [1.82, 2.24) is 0 Å². The van der Waals surface area contributed by atoms with E-state index in [1.807, 2.05) is 6.92 Å². The molecule has 0 radical (unpaired) electrons. The fraction of sp³-hybridized carbons (Fsp3) is 0.909. The van der Waals surface area contributed by atoms with E-state index in [4.69, 9.17) is 5.11 Å². The Morgan fingerprint density at radius 2 is 2.00 bits per heavy atom. The number of aliphatic imine (C=N–C) groups is 1. The largest absolute Gasteiger partial charge is 0.396 e. The number of hydrogen-bond acceptors (Lipinski definition) is 2. The van der Waals surface area contributed by atoms with Crippen molar-refractivity contribution in [1.29, 1.82) is 0 Å². The van der Waals surface area contributed by atoms with Crippen LogP contribution in [0, 0.1) is 5.92 Å². The van der Waals surface area contributed by atoms with Crippen molar-refractivity contribution in [3.8, 4) is 0 Å². The zero-order valence-electron chi connectivity index (χ0n) is 9.21. The molecule has 13 heavy (non-hydrogen) atoms. The van der Waals surface area contributed by atoms with Crippen molar-refractivity contribution in [2.45, 2.75) is 46.5 Å². The minimum atomic E-state index is 0.236. The molecule has 0 aromatic heterocycles. The third-order valence-corrected chi connectivity index (χ3v) is 2.43. The third kappa shape index (κ3) is 5.81. The highest BCUT2D eigenvalue weighted by molar-refractivity contribution is 5.84. The van der Waals surface area contributed by atoms with Crippen LogP contribution in [0.2, 0.25) is 0 Å². The lowest BCUT2D eigenvalue weighted by Crippen LogP contribution is -2.15. The maximum absolute atomic E-state index is 9.02. The number of aliphatic hydroxyl groups is 1. The minimum Gasteiger partial charge on any atom is -0.396 e. The van der Waals surface area contributed by atoms with Crippen LogP contribution in [0.3, 0.4) is 0 Å². The summed E-state index contributed by atoms with van der Waals surface area (Å²) in [4.78, 5) is 4.46. The van der Waals surface area contributed by atoms with Gasteiger partial charge in [0.15, 0.2) is 0 Å². The van der Waals surface area contributed by atoms with Gasteiger partial charge in [0.2, 0.25) is 0 Å². The fourth-order valence-electron chi connectivity index (χ4n) is 1.30. The van der Waals surface area contributed by atoms with Crippen LogP contribution in [-0.4, -0.2) is 24.0 Å². The van der Waals surface area contributed by atoms with Crippen molar-refractivity contribution < 1.29 is 5.11 Å². The molecule has 2 nitrogen and oxygen atoms in total. The number of rotatable bonds is 7. The van der Waals surface area contributed by atoms with Crippen LogP contribution < -0.4 is 0 Å². The number of aliphatic hydroxyl groups excluding tert-OH is 1. The van der Waals surface area contributed by atoms with E-state index in [2.05, 4.69) is 18.8 Å². The van der Waals surface area contributed by atoms with Crippen LogP contribution in [0.4, 0.5) is 0 Å². The lowest BCUT2D eigenvalue weighted by molar-refractivity contribution is 0.258. The molecule has 2 heteroatoms. The summed E-state index contributed by atoms with van der Waals surface area (Å²) in [7, 11) is 0. The standard InChI is InChI=1S/C11H23NO/c1-4-6-7-8-12-10(3)11(5-2)9-13/h11,13H,4-9H2,1-3H3/b12-10-. The number of unbranched alkanes of at least 4 members (excludes halogenated alkanes) is 2. The molecule has 0 spiro atoms. The molecular formula is C11H23NO. The van der Waals surface area contributed by atoms with E-state index in [9.17, 15) is 0 Å². The van der Waals surface area contributed by atoms with Crippen LogP contribution in [0.15, 0.2) is 4.99 Å². The van der Waals surface area contributed by atoms with Crippen LogP contribution in [0.25, 0.3) is 0 Å². The summed E-state index contributed by atoms with van der Waals surface area (Å²) in [6.45, 7) is 7.47. The molecule has 0 aliphatic carbocycles. The van der Waals surface area contributed by atoms with Crippen molar-refractivity contribution in [2.75, 3.05) is 13.2 Å². The van der Waals surface area contributed by atoms with Gasteiger partial charge in [0, 0.05) is 18.2 Å². The monoisotopic (exact) mass is 185 g/mol. The van der Waals surface area contributed by atoms with Crippen LogP contribution in [0.5, 0.6) is 0 Å². The van der Waals surface area contributed by atoms with Crippen LogP contribution >= 0.6 is 0 Å². The topological polar surface area (TPSA) is 32.6 Å². The zero-order valence-corrected chi connectivity index (χ0v) is 9.21. The van der Waals surface area contributed by atoms with Crippen LogP contribution in [-0.2, 0) is 0 Å². The lowest BCUT2D eigenvalue weighted by atomic mass is 10.0. The van der Waals surface area contributed by atoms with Crippen molar-refractivity contribution in [3.05, 3.63) is 0 Å². The Kier molecular flexibility index (Phi) is 8.00. The number of hydrogen-bond donors (Lipinski definition) is 1. The van der Waals surface area contributed by atoms with E-state index in [-0.39, 0.29) is 12.5 Å². The van der Waals surface area contributed by atoms with E-state index < -0.39 is 0 Å². The van der Waals surface area contributed by atoms with E-state index in [1.165, 1.54) is 19.3 Å². The van der Waals surface area contributed by atoms with E-state index in [0.29, 0.717) is 0 Å². The molecule has 0 bridgehead atoms. The highest BCUT2D eigenvalue weighted by Gasteiger charge is 2.06. The molecule has 0 saturated carbocycles. The average Bonchev–Trinajstić information content (AvgIpc) is 2.14. The van der Waals surface area contributed by atoms with Gasteiger partial charge in [0.25, 0.3) is 0 Å². The molecule has 0 aromatic rings. The summed E-state index contributed by atoms with van der Waals surface area (Å²) in [5.41, 5.74) is 1.11. The predicted octanol–water partition coefficient (Wildman–Crippen LogP) is 2.66. The normalized spacial score (nSPS) is 14.6. The van der Waals surface area contributed by atoms with Gasteiger partial charge < -0.3 is 5.11 Å². The zero-order chi connectivity index (χ0) is 10.1. The Labute approximate surface area is 82.1 Å². The Morgan fingerprint density at radius 3 is 2.46 bits per heavy atom. The van der Waals surface area contributed by atoms with Gasteiger partial charge in [-0.2, -0.15) is 0 Å². The van der Waals surface area contributed by atoms with Crippen molar-refractivity contribution in [2.24, 2.45) is 10.9 Å². The van der Waals surface area contributed by atoms with Gasteiger partial charge in [-0.15, -0.1) is 0 Å². The van der Waals surface area contributed by atoms with Gasteiger partial charge in [0.1, 0.15) is 0 Å². The van der Waals surface area contributed by atoms with Crippen LogP contribution in [0.1, 0.15) is 46.5 Å². The van der Waals surface area contributed by atoms with Gasteiger partial charge >= 0.3 is 0 Å². The molecule has 0 aromatic carbocycles. The first kappa shape index (κ1) is 12.6. The second kappa shape index (κ2) is 8.24. The Bertz CT molecular complexity index is 139. The summed E-state index contributed by atoms with van der Waals surface area (Å²) in [5.74, 6) is 0.279. The maximum atomic E-state index is 9.02. The van der Waals surface area contributed by atoms with E-state index >= 15 is 0 Å². The second-order valence-corrected chi connectivity index (χ2v) is 3.52. The Hall–Kier alpha value is -0.370. The fourth-order valence-corrected chi connectivity index (χ4v) is 1.30. The molecule has 1 unspecified atom stereocenters. The molecule has 0 amide bonds. The van der Waals surface area contributed by atoms with Gasteiger partial charge in [-0.25, -0.2) is 0 Å². The smallest absolute Gasteiger partial charge is 0.0511 e. The first-order valence-corrected chi connectivity index (χ1v) is 5.38. The van der Waals surface area contributed by atoms with Gasteiger partial charge in [-0.1, -0.05) is 26.7 Å². The average molecular weight is 185 g/mol. The third-order valence-electron chi connectivity index (χ3n) is 2.43. The summed E-state index contributed by atoms with van der Waals surface area (Å²) in [6, 6.07) is 0. The number of nitrogens with zero attached hydrogens (tertiary/aromatic N) is 1. The molecule has 1 atom stereocenters. The molecule has 0 saturated heterocycles. The van der Waals surface area contributed by atoms with Gasteiger partial charge in [-0.3, -0.25) is 4.99 Å². The molecule has 0 fully saturated rings. The van der Waals surface area contributed by atoms with E-state index in [0.717, 1.165) is 18.7 Å². The molecular weight excluding hydrogens is 162 g/mol. The Balaban J connectivity index is 3.71. The SMILES string of the molecule is CCCCC/N=C(/C)C(CC)CO. The van der Waals surface area contributed by atoms with Crippen molar-refractivity contribution in [3.63, 3.8) is 0 Å². The molecule has 0 aliphatic heterocycles. The van der Waals surface area contributed by atoms with Gasteiger partial charge in [0.05, 0.1) is 6.61 Å². The van der Waals surface area contributed by atoms with Gasteiger partial charge in [-0.05, 0) is 19.8 Å². The molecule has 1 N–H and O–H groups in total. The minimum absolute atomic E-state index is 0.236. The Morgan fingerprint density at radius 1 is 1.31 bits per heavy atom. The first-order chi connectivity index (χ1) is 6.26. The van der Waals surface area contributed by atoms with E-state index in [1.54, 1.807) is 0 Å². The predicted molar refractivity (Wildman–Crippen MR) is 58.4 cm³/mol. The maximum Gasteiger partial charge on any atom is 0.0511 e. The molecule has 0 aliphatic rings. The highest BCUT2D eigenvalue weighted by atomic mass is 16.3. The summed E-state index contributed by atoms with van der Waals surface area (Å²) < 4.78 is 0. The molecule has 0 heterocycles. The second-order valence-electron chi connectivity index (χ2n) is 3.52. The first-order valence-electron chi connectivity index (χ1n) is 5.38. The lowest BCUT2D eigenvalue weighted by Gasteiger charge is -2.10. The molecule has 78 valence electrons. The molecule has 0 rings (SSSR count). The highest BCUT2D eigenvalue weighted by Crippen LogP contribution is 2.05. The quantitative estimate of drug-likeness (QED) is 0.480. The summed E-state index contributed by atoms with van der Waals surface area (Å²) in [5, 5.41) is 9.02. The van der Waals surface area contributed by atoms with Crippen molar-refractivity contribution >= 4 is 5.71 Å². The summed E-state index contributed by atoms with van der Waals surface area (Å²) >= 11 is 0. The summed E-state index contributed by atoms with van der Waals surface area (Å²) in [6.07, 6.45) is 4.66.